The molecule has 0 atom stereocenters. The lowest BCUT2D eigenvalue weighted by molar-refractivity contribution is 0.414. The average molecular weight is 540 g/mol. The van der Waals surface area contributed by atoms with E-state index in [0.717, 1.165) is 55.6 Å². The van der Waals surface area contributed by atoms with Crippen LogP contribution < -0.4 is 15.4 Å². The number of aromatic nitrogens is 3. The summed E-state index contributed by atoms with van der Waals surface area (Å²) in [6, 6.07) is 12.2. The van der Waals surface area contributed by atoms with Crippen LogP contribution in [0.4, 0.5) is 0 Å². The van der Waals surface area contributed by atoms with Crippen LogP contribution in [0.5, 0.6) is 5.75 Å². The van der Waals surface area contributed by atoms with Gasteiger partial charge in [-0.25, -0.2) is 4.99 Å². The average Bonchev–Trinajstić information content (AvgIpc) is 3.43. The van der Waals surface area contributed by atoms with Gasteiger partial charge in [0.05, 0.1) is 13.7 Å². The number of nitrogens with one attached hydrogen (secondary N) is 2. The number of methoxy groups -OCH3 is 1. The number of halogens is 1. The molecule has 9 heteroatoms. The van der Waals surface area contributed by atoms with Gasteiger partial charge in [0, 0.05) is 30.9 Å². The zero-order chi connectivity index (χ0) is 20.3. The van der Waals surface area contributed by atoms with Crippen molar-refractivity contribution >= 4 is 41.3 Å². The number of nitrogens with zero attached hydrogens (tertiary/aromatic N) is 4. The largest absolute Gasteiger partial charge is 0.497 e. The fourth-order valence-corrected chi connectivity index (χ4v) is 3.58. The van der Waals surface area contributed by atoms with Gasteiger partial charge in [-0.05, 0) is 35.6 Å². The van der Waals surface area contributed by atoms with Crippen LogP contribution in [-0.4, -0.2) is 40.9 Å². The fraction of sp³-hybridized carbons (Fsp3) is 0.381. The van der Waals surface area contributed by atoms with Crippen LogP contribution in [0.25, 0.3) is 0 Å². The summed E-state index contributed by atoms with van der Waals surface area (Å²) in [5.41, 5.74) is 1.14. The maximum atomic E-state index is 5.22. The predicted octanol–water partition coefficient (Wildman–Crippen LogP) is 3.51. The fourth-order valence-electron chi connectivity index (χ4n) is 2.87. The number of ether oxygens (including phenoxy) is 1. The van der Waals surface area contributed by atoms with Gasteiger partial charge in [0.15, 0.2) is 5.96 Å². The summed E-state index contributed by atoms with van der Waals surface area (Å²) in [7, 11) is 1.67. The van der Waals surface area contributed by atoms with E-state index in [9.17, 15) is 0 Å². The number of rotatable bonds is 10. The number of guanidine groups is 1. The molecule has 1 aromatic carbocycles. The highest BCUT2D eigenvalue weighted by atomic mass is 127. The van der Waals surface area contributed by atoms with Gasteiger partial charge in [0.25, 0.3) is 0 Å². The second-order valence-electron chi connectivity index (χ2n) is 6.49. The molecule has 0 aliphatic carbocycles. The third-order valence-corrected chi connectivity index (χ3v) is 5.42. The lowest BCUT2D eigenvalue weighted by atomic mass is 10.2. The Morgan fingerprint density at radius 1 is 1.17 bits per heavy atom. The van der Waals surface area contributed by atoms with Crippen LogP contribution in [0.15, 0.2) is 53.1 Å². The number of thiophene rings is 1. The van der Waals surface area contributed by atoms with E-state index in [1.807, 2.05) is 24.3 Å². The molecule has 0 spiro atoms. The van der Waals surface area contributed by atoms with Gasteiger partial charge in [-0.15, -0.1) is 45.5 Å². The summed E-state index contributed by atoms with van der Waals surface area (Å²) in [6.07, 6.45) is 3.63. The van der Waals surface area contributed by atoms with Crippen molar-refractivity contribution < 1.29 is 4.74 Å². The predicted molar refractivity (Wildman–Crippen MR) is 133 cm³/mol. The molecule has 3 aromatic rings. The van der Waals surface area contributed by atoms with E-state index in [4.69, 9.17) is 9.73 Å². The second-order valence-corrected chi connectivity index (χ2v) is 7.52. The van der Waals surface area contributed by atoms with E-state index in [1.54, 1.807) is 24.8 Å². The zero-order valence-electron chi connectivity index (χ0n) is 17.4. The molecule has 0 amide bonds. The Kier molecular flexibility index (Phi) is 10.6. The minimum Gasteiger partial charge on any atom is -0.497 e. The van der Waals surface area contributed by atoms with Crippen LogP contribution in [0.1, 0.15) is 23.2 Å². The third kappa shape index (κ3) is 7.60. The van der Waals surface area contributed by atoms with Crippen molar-refractivity contribution in [3.63, 3.8) is 0 Å². The van der Waals surface area contributed by atoms with Crippen LogP contribution in [0.2, 0.25) is 0 Å². The van der Waals surface area contributed by atoms with Gasteiger partial charge in [-0.2, -0.15) is 0 Å². The first-order valence-corrected chi connectivity index (χ1v) is 10.7. The van der Waals surface area contributed by atoms with Gasteiger partial charge < -0.3 is 19.9 Å². The standard InChI is InChI=1S/C21H28N6OS.HI/c1-3-20-26-25-16-27(20)13-12-23-21(22-11-10-19-5-4-14-29-19)24-15-17-6-8-18(28-2)9-7-17;/h4-9,14,16H,3,10-13,15H2,1-2H3,(H2,22,23,24);1H. The molecular weight excluding hydrogens is 511 g/mol. The quantitative estimate of drug-likeness (QED) is 0.234. The Balaban J connectivity index is 0.00000320. The highest BCUT2D eigenvalue weighted by Gasteiger charge is 2.04. The molecule has 30 heavy (non-hydrogen) atoms. The van der Waals surface area contributed by atoms with Crippen molar-refractivity contribution in [2.24, 2.45) is 4.99 Å². The summed E-state index contributed by atoms with van der Waals surface area (Å²) in [4.78, 5) is 6.11. The minimum absolute atomic E-state index is 0. The normalized spacial score (nSPS) is 11.1. The Morgan fingerprint density at radius 2 is 1.97 bits per heavy atom. The number of aliphatic imine (C=N–C) groups is 1. The minimum atomic E-state index is 0. The Hall–Kier alpha value is -2.14. The first kappa shape index (κ1) is 24.1. The highest BCUT2D eigenvalue weighted by molar-refractivity contribution is 14.0. The highest BCUT2D eigenvalue weighted by Crippen LogP contribution is 2.12. The molecule has 7 nitrogen and oxygen atoms in total. The topological polar surface area (TPSA) is 76.4 Å². The Morgan fingerprint density at radius 3 is 2.67 bits per heavy atom. The summed E-state index contributed by atoms with van der Waals surface area (Å²) in [5.74, 6) is 2.66. The molecule has 3 rings (SSSR count). The number of aryl methyl sites for hydroxylation is 1. The van der Waals surface area contributed by atoms with Gasteiger partial charge in [-0.1, -0.05) is 25.1 Å². The van der Waals surface area contributed by atoms with Crippen molar-refractivity contribution in [2.45, 2.75) is 32.9 Å². The molecule has 0 aliphatic rings. The Labute approximate surface area is 199 Å². The first-order chi connectivity index (χ1) is 14.3. The molecular formula is C21H29IN6OS. The van der Waals surface area contributed by atoms with E-state index in [2.05, 4.69) is 49.8 Å². The van der Waals surface area contributed by atoms with Gasteiger partial charge >= 0.3 is 0 Å². The number of hydrogen-bond acceptors (Lipinski definition) is 5. The molecule has 2 N–H and O–H groups in total. The molecule has 0 radical (unpaired) electrons. The van der Waals surface area contributed by atoms with E-state index in [1.165, 1.54) is 4.88 Å². The summed E-state index contributed by atoms with van der Waals surface area (Å²) in [6.45, 7) is 5.07. The van der Waals surface area contributed by atoms with Gasteiger partial charge in [0.2, 0.25) is 0 Å². The molecule has 2 aromatic heterocycles. The number of benzene rings is 1. The van der Waals surface area contributed by atoms with Crippen LogP contribution in [-0.2, 0) is 25.9 Å². The Bertz CT molecular complexity index is 879. The van der Waals surface area contributed by atoms with Gasteiger partial charge in [-0.3, -0.25) is 0 Å². The molecule has 0 unspecified atom stereocenters. The maximum absolute atomic E-state index is 5.22. The number of hydrogen-bond donors (Lipinski definition) is 2. The molecule has 0 saturated carbocycles. The van der Waals surface area contributed by atoms with Crippen molar-refractivity contribution in [3.8, 4) is 5.75 Å². The maximum Gasteiger partial charge on any atom is 0.191 e. The van der Waals surface area contributed by atoms with Crippen molar-refractivity contribution in [1.29, 1.82) is 0 Å². The first-order valence-electron chi connectivity index (χ1n) is 9.82. The zero-order valence-corrected chi connectivity index (χ0v) is 20.5. The molecule has 0 aliphatic heterocycles. The third-order valence-electron chi connectivity index (χ3n) is 4.48. The summed E-state index contributed by atoms with van der Waals surface area (Å²) >= 11 is 1.78. The van der Waals surface area contributed by atoms with Crippen LogP contribution in [0, 0.1) is 0 Å². The second kappa shape index (κ2) is 13.2. The lowest BCUT2D eigenvalue weighted by Gasteiger charge is -2.13. The van der Waals surface area contributed by atoms with E-state index < -0.39 is 0 Å². The molecule has 0 fully saturated rings. The SMILES string of the molecule is CCc1nncn1CCNC(=NCc1ccc(OC)cc1)NCCc1cccs1.I. The van der Waals surface area contributed by atoms with Crippen molar-refractivity contribution in [1.82, 2.24) is 25.4 Å². The molecule has 0 bridgehead atoms. The monoisotopic (exact) mass is 540 g/mol. The van der Waals surface area contributed by atoms with Crippen molar-refractivity contribution in [3.05, 3.63) is 64.4 Å². The van der Waals surface area contributed by atoms with E-state index >= 15 is 0 Å². The smallest absolute Gasteiger partial charge is 0.191 e. The van der Waals surface area contributed by atoms with Crippen molar-refractivity contribution in [2.75, 3.05) is 20.2 Å². The van der Waals surface area contributed by atoms with Gasteiger partial charge in [0.1, 0.15) is 17.9 Å². The van der Waals surface area contributed by atoms with E-state index in [-0.39, 0.29) is 24.0 Å². The lowest BCUT2D eigenvalue weighted by Crippen LogP contribution is -2.40. The van der Waals surface area contributed by atoms with Crippen LogP contribution >= 0.6 is 35.3 Å². The van der Waals surface area contributed by atoms with E-state index in [0.29, 0.717) is 6.54 Å². The summed E-state index contributed by atoms with van der Waals surface area (Å²) in [5, 5.41) is 17.1. The molecule has 162 valence electrons. The van der Waals surface area contributed by atoms with Crippen LogP contribution in [0.3, 0.4) is 0 Å². The summed E-state index contributed by atoms with van der Waals surface area (Å²) < 4.78 is 7.29. The molecule has 0 saturated heterocycles. The molecule has 2 heterocycles.